The molecule has 0 unspecified atom stereocenters. The summed E-state index contributed by atoms with van der Waals surface area (Å²) in [5.74, 6) is 1.29. The number of hydrogen-bond donors (Lipinski definition) is 2. The zero-order valence-corrected chi connectivity index (χ0v) is 14.6. The summed E-state index contributed by atoms with van der Waals surface area (Å²) in [5, 5.41) is 6.35. The molecular weight excluding hydrogens is 320 g/mol. The van der Waals surface area contributed by atoms with Gasteiger partial charge < -0.3 is 24.8 Å². The number of halogens is 1. The Bertz CT molecular complexity index is 494. The van der Waals surface area contributed by atoms with Gasteiger partial charge in [-0.25, -0.2) is 0 Å². The van der Waals surface area contributed by atoms with Gasteiger partial charge in [0.25, 0.3) is 5.91 Å². The lowest BCUT2D eigenvalue weighted by Gasteiger charge is -2.14. The number of nitrogens with one attached hydrogen (secondary N) is 2. The van der Waals surface area contributed by atoms with Gasteiger partial charge >= 0.3 is 0 Å². The molecule has 1 fully saturated rings. The van der Waals surface area contributed by atoms with E-state index in [9.17, 15) is 4.79 Å². The van der Waals surface area contributed by atoms with Crippen molar-refractivity contribution in [2.45, 2.75) is 25.3 Å². The van der Waals surface area contributed by atoms with E-state index in [4.69, 9.17) is 14.2 Å². The van der Waals surface area contributed by atoms with Crippen LogP contribution in [0.3, 0.4) is 0 Å². The van der Waals surface area contributed by atoms with Gasteiger partial charge in [-0.3, -0.25) is 4.79 Å². The Kier molecular flexibility index (Phi) is 7.98. The van der Waals surface area contributed by atoms with Crippen LogP contribution < -0.4 is 24.8 Å². The van der Waals surface area contributed by atoms with Crippen LogP contribution in [0.4, 0.5) is 0 Å². The summed E-state index contributed by atoms with van der Waals surface area (Å²) in [6.45, 7) is 1.72. The summed E-state index contributed by atoms with van der Waals surface area (Å²) < 4.78 is 15.8. The highest BCUT2D eigenvalue weighted by atomic mass is 35.5. The first-order valence-corrected chi connectivity index (χ1v) is 7.51. The quantitative estimate of drug-likeness (QED) is 0.792. The van der Waals surface area contributed by atoms with Crippen LogP contribution in [0, 0.1) is 0 Å². The van der Waals surface area contributed by atoms with Crippen molar-refractivity contribution >= 4 is 18.3 Å². The molecule has 1 aliphatic heterocycles. The molecule has 2 rings (SSSR count). The minimum Gasteiger partial charge on any atom is -0.493 e. The smallest absolute Gasteiger partial charge is 0.251 e. The van der Waals surface area contributed by atoms with E-state index in [1.165, 1.54) is 34.2 Å². The molecule has 0 aromatic heterocycles. The van der Waals surface area contributed by atoms with Gasteiger partial charge in [0.1, 0.15) is 0 Å². The Hall–Kier alpha value is -1.66. The van der Waals surface area contributed by atoms with Crippen LogP contribution in [-0.2, 0) is 0 Å². The molecule has 6 nitrogen and oxygen atoms in total. The van der Waals surface area contributed by atoms with E-state index >= 15 is 0 Å². The Balaban J connectivity index is 0.00000264. The van der Waals surface area contributed by atoms with Crippen molar-refractivity contribution in [1.82, 2.24) is 10.6 Å². The summed E-state index contributed by atoms with van der Waals surface area (Å²) in [5.41, 5.74) is 0.494. The van der Waals surface area contributed by atoms with E-state index in [0.717, 1.165) is 13.0 Å². The van der Waals surface area contributed by atoms with Gasteiger partial charge in [-0.05, 0) is 37.9 Å². The molecule has 1 aromatic carbocycles. The van der Waals surface area contributed by atoms with Crippen LogP contribution in [0.5, 0.6) is 17.2 Å². The normalized spacial score (nSPS) is 16.4. The number of rotatable bonds is 7. The van der Waals surface area contributed by atoms with Crippen LogP contribution >= 0.6 is 12.4 Å². The second-order valence-electron chi connectivity index (χ2n) is 5.25. The standard InChI is InChI=1S/C16H24N2O4.ClH/c1-20-13-9-11(10-14(21-2)15(13)22-3)16(19)18-8-6-12-5-4-7-17-12;/h9-10,12,17H,4-8H2,1-3H3,(H,18,19);1H/t12-;/m1./s1. The first-order valence-electron chi connectivity index (χ1n) is 7.51. The second-order valence-corrected chi connectivity index (χ2v) is 5.25. The maximum atomic E-state index is 12.3. The lowest BCUT2D eigenvalue weighted by molar-refractivity contribution is 0.0951. The van der Waals surface area contributed by atoms with Crippen molar-refractivity contribution in [1.29, 1.82) is 0 Å². The minimum absolute atomic E-state index is 0. The van der Waals surface area contributed by atoms with Crippen molar-refractivity contribution in [3.63, 3.8) is 0 Å². The lowest BCUT2D eigenvalue weighted by atomic mass is 10.1. The van der Waals surface area contributed by atoms with E-state index < -0.39 is 0 Å². The molecule has 0 aliphatic carbocycles. The van der Waals surface area contributed by atoms with Crippen LogP contribution in [0.25, 0.3) is 0 Å². The third-order valence-electron chi connectivity index (χ3n) is 3.87. The number of ether oxygens (including phenoxy) is 3. The van der Waals surface area contributed by atoms with E-state index in [-0.39, 0.29) is 18.3 Å². The minimum atomic E-state index is -0.141. The van der Waals surface area contributed by atoms with Crippen molar-refractivity contribution in [3.8, 4) is 17.2 Å². The van der Waals surface area contributed by atoms with E-state index in [1.54, 1.807) is 12.1 Å². The number of carbonyl (C=O) groups is 1. The number of carbonyl (C=O) groups excluding carboxylic acids is 1. The zero-order valence-electron chi connectivity index (χ0n) is 13.8. The molecule has 0 spiro atoms. The molecule has 1 atom stereocenters. The monoisotopic (exact) mass is 344 g/mol. The average Bonchev–Trinajstić information content (AvgIpc) is 3.06. The molecule has 0 radical (unpaired) electrons. The summed E-state index contributed by atoms with van der Waals surface area (Å²) in [6.07, 6.45) is 3.34. The Morgan fingerprint density at radius 2 is 1.87 bits per heavy atom. The predicted octanol–water partition coefficient (Wildman–Crippen LogP) is 2.01. The van der Waals surface area contributed by atoms with Crippen molar-refractivity contribution in [2.75, 3.05) is 34.4 Å². The van der Waals surface area contributed by atoms with Crippen molar-refractivity contribution in [2.24, 2.45) is 0 Å². The van der Waals surface area contributed by atoms with E-state index in [1.807, 2.05) is 0 Å². The average molecular weight is 345 g/mol. The summed E-state index contributed by atoms with van der Waals surface area (Å²) in [6, 6.07) is 3.83. The van der Waals surface area contributed by atoms with E-state index in [0.29, 0.717) is 35.4 Å². The predicted molar refractivity (Wildman–Crippen MR) is 91.3 cm³/mol. The van der Waals surface area contributed by atoms with Gasteiger partial charge in [0, 0.05) is 18.2 Å². The molecule has 1 saturated heterocycles. The Morgan fingerprint density at radius 3 is 2.35 bits per heavy atom. The highest BCUT2D eigenvalue weighted by Crippen LogP contribution is 2.38. The Morgan fingerprint density at radius 1 is 1.22 bits per heavy atom. The first kappa shape index (κ1) is 19.4. The molecule has 23 heavy (non-hydrogen) atoms. The molecular formula is C16H25ClN2O4. The molecule has 1 aromatic rings. The van der Waals surface area contributed by atoms with Gasteiger partial charge in [0.2, 0.25) is 5.75 Å². The molecule has 7 heteroatoms. The summed E-state index contributed by atoms with van der Waals surface area (Å²) in [7, 11) is 4.60. The molecule has 0 bridgehead atoms. The fourth-order valence-corrected chi connectivity index (χ4v) is 2.68. The third-order valence-corrected chi connectivity index (χ3v) is 3.87. The molecule has 2 N–H and O–H groups in total. The van der Waals surface area contributed by atoms with E-state index in [2.05, 4.69) is 10.6 Å². The molecule has 130 valence electrons. The number of hydrogen-bond acceptors (Lipinski definition) is 5. The summed E-state index contributed by atoms with van der Waals surface area (Å²) in [4.78, 5) is 12.3. The van der Waals surface area contributed by atoms with Crippen LogP contribution in [0.2, 0.25) is 0 Å². The maximum Gasteiger partial charge on any atom is 0.251 e. The Labute approximate surface area is 143 Å². The molecule has 1 heterocycles. The molecule has 1 amide bonds. The van der Waals surface area contributed by atoms with Crippen molar-refractivity contribution in [3.05, 3.63) is 17.7 Å². The van der Waals surface area contributed by atoms with Gasteiger partial charge in [-0.2, -0.15) is 0 Å². The van der Waals surface area contributed by atoms with Crippen LogP contribution in [0.1, 0.15) is 29.6 Å². The largest absolute Gasteiger partial charge is 0.493 e. The molecule has 0 saturated carbocycles. The summed E-state index contributed by atoms with van der Waals surface area (Å²) >= 11 is 0. The van der Waals surface area contributed by atoms with Gasteiger partial charge in [0.05, 0.1) is 21.3 Å². The molecule has 1 aliphatic rings. The van der Waals surface area contributed by atoms with Crippen LogP contribution in [-0.4, -0.2) is 46.4 Å². The SMILES string of the molecule is COc1cc(C(=O)NCC[C@H]2CCCN2)cc(OC)c1OC.Cl. The van der Waals surface area contributed by atoms with Crippen LogP contribution in [0.15, 0.2) is 12.1 Å². The maximum absolute atomic E-state index is 12.3. The number of benzene rings is 1. The number of amides is 1. The van der Waals surface area contributed by atoms with Gasteiger partial charge in [-0.1, -0.05) is 0 Å². The zero-order chi connectivity index (χ0) is 15.9. The van der Waals surface area contributed by atoms with Gasteiger partial charge in [0.15, 0.2) is 11.5 Å². The van der Waals surface area contributed by atoms with Crippen molar-refractivity contribution < 1.29 is 19.0 Å². The number of methoxy groups -OCH3 is 3. The fourth-order valence-electron chi connectivity index (χ4n) is 2.68. The first-order chi connectivity index (χ1) is 10.7. The third kappa shape index (κ3) is 4.91. The lowest BCUT2D eigenvalue weighted by Crippen LogP contribution is -2.30. The second kappa shape index (κ2) is 9.47. The highest BCUT2D eigenvalue weighted by Gasteiger charge is 2.18. The fraction of sp³-hybridized carbons (Fsp3) is 0.562. The topological polar surface area (TPSA) is 68.8 Å². The van der Waals surface area contributed by atoms with Gasteiger partial charge in [-0.15, -0.1) is 12.4 Å². The highest BCUT2D eigenvalue weighted by molar-refractivity contribution is 5.95.